The Morgan fingerprint density at radius 1 is 1.33 bits per heavy atom. The fourth-order valence-electron chi connectivity index (χ4n) is 2.68. The molecule has 8 heteroatoms. The van der Waals surface area contributed by atoms with Gasteiger partial charge < -0.3 is 15.8 Å². The van der Waals surface area contributed by atoms with Crippen molar-refractivity contribution in [3.63, 3.8) is 0 Å². The number of aliphatic imine (C=N–C) groups is 1. The van der Waals surface area contributed by atoms with Crippen LogP contribution in [0.3, 0.4) is 0 Å². The van der Waals surface area contributed by atoms with Crippen molar-refractivity contribution in [1.29, 1.82) is 0 Å². The molecular weight excluding hydrogens is 360 g/mol. The minimum absolute atomic E-state index is 0.238. The van der Waals surface area contributed by atoms with Gasteiger partial charge in [-0.25, -0.2) is 10.8 Å². The second kappa shape index (κ2) is 8.61. The van der Waals surface area contributed by atoms with Crippen LogP contribution in [-0.4, -0.2) is 18.3 Å². The van der Waals surface area contributed by atoms with Crippen molar-refractivity contribution >= 4 is 35.1 Å². The normalized spacial score (nSPS) is 12.9. The van der Waals surface area contributed by atoms with Crippen molar-refractivity contribution in [3.8, 4) is 0 Å². The highest BCUT2D eigenvalue weighted by Crippen LogP contribution is 2.31. The third-order valence-electron chi connectivity index (χ3n) is 4.02. The average molecular weight is 382 g/mol. The van der Waals surface area contributed by atoms with Gasteiger partial charge in [-0.05, 0) is 54.6 Å². The number of aryl methyl sites for hydroxylation is 1. The van der Waals surface area contributed by atoms with Crippen LogP contribution in [0.4, 0.5) is 11.4 Å². The number of carbonyl (C=O) groups is 1. The number of rotatable bonds is 6. The number of nitrogens with one attached hydrogen (secondary N) is 2. The summed E-state index contributed by atoms with van der Waals surface area (Å²) >= 11 is 1.40. The highest BCUT2D eigenvalue weighted by Gasteiger charge is 2.18. The van der Waals surface area contributed by atoms with Crippen molar-refractivity contribution in [2.24, 2.45) is 16.6 Å². The molecule has 0 saturated carbocycles. The maximum absolute atomic E-state index is 12.4. The Morgan fingerprint density at radius 3 is 2.96 bits per heavy atom. The molecule has 1 amide bonds. The van der Waals surface area contributed by atoms with E-state index in [0.717, 1.165) is 27.4 Å². The van der Waals surface area contributed by atoms with Crippen molar-refractivity contribution in [2.45, 2.75) is 18.2 Å². The van der Waals surface area contributed by atoms with Gasteiger partial charge in [0.1, 0.15) is 0 Å². The highest BCUT2D eigenvalue weighted by atomic mass is 32.2. The molecule has 6 N–H and O–H groups in total. The number of fused-ring (bicyclic) bond motifs is 1. The lowest BCUT2D eigenvalue weighted by Crippen LogP contribution is -2.39. The van der Waals surface area contributed by atoms with Crippen LogP contribution in [0.15, 0.2) is 64.8 Å². The zero-order valence-electron chi connectivity index (χ0n) is 15.0. The lowest BCUT2D eigenvalue weighted by molar-refractivity contribution is -0.114. The molecule has 2 aromatic rings. The first kappa shape index (κ1) is 18.8. The fourth-order valence-corrected chi connectivity index (χ4v) is 3.49. The van der Waals surface area contributed by atoms with Crippen molar-refractivity contribution in [1.82, 2.24) is 10.0 Å². The number of anilines is 1. The molecule has 7 nitrogen and oxygen atoms in total. The number of hydrogen-bond acceptors (Lipinski definition) is 7. The summed E-state index contributed by atoms with van der Waals surface area (Å²) in [6, 6.07) is 13.6. The molecule has 1 aliphatic rings. The van der Waals surface area contributed by atoms with Gasteiger partial charge in [-0.1, -0.05) is 24.3 Å². The number of amides is 1. The molecule has 2 aromatic carbocycles. The van der Waals surface area contributed by atoms with E-state index in [1.807, 2.05) is 49.4 Å². The predicted molar refractivity (Wildman–Crippen MR) is 110 cm³/mol. The number of nitrogens with two attached hydrogens (primary N) is 2. The van der Waals surface area contributed by atoms with E-state index in [4.69, 9.17) is 11.6 Å². The molecule has 1 heterocycles. The quantitative estimate of drug-likeness (QED) is 0.346. The van der Waals surface area contributed by atoms with Crippen LogP contribution in [0.25, 0.3) is 0 Å². The molecule has 0 aromatic heterocycles. The van der Waals surface area contributed by atoms with Crippen molar-refractivity contribution in [2.75, 3.05) is 11.6 Å². The topological polar surface area (TPSA) is 109 Å². The Labute approximate surface area is 162 Å². The highest BCUT2D eigenvalue weighted by molar-refractivity contribution is 7.98. The molecule has 0 fully saturated rings. The molecule has 0 unspecified atom stereocenters. The number of para-hydroxylation sites is 1. The van der Waals surface area contributed by atoms with E-state index in [9.17, 15) is 4.79 Å². The summed E-state index contributed by atoms with van der Waals surface area (Å²) in [5.41, 5.74) is 9.20. The van der Waals surface area contributed by atoms with E-state index >= 15 is 0 Å². The third kappa shape index (κ3) is 4.60. The lowest BCUT2D eigenvalue weighted by atomic mass is 10.1. The third-order valence-corrected chi connectivity index (χ3v) is 4.86. The van der Waals surface area contributed by atoms with E-state index in [0.29, 0.717) is 18.8 Å². The van der Waals surface area contributed by atoms with Crippen LogP contribution in [-0.2, 0) is 11.2 Å². The maximum Gasteiger partial charge on any atom is 0.287 e. The summed E-state index contributed by atoms with van der Waals surface area (Å²) in [5, 5.41) is 4.35. The van der Waals surface area contributed by atoms with E-state index in [1.165, 1.54) is 23.2 Å². The molecule has 0 radical (unpaired) electrons. The first-order valence-corrected chi connectivity index (χ1v) is 9.31. The minimum Gasteiger partial charge on any atom is -0.403 e. The zero-order chi connectivity index (χ0) is 19.2. The lowest BCUT2D eigenvalue weighted by Gasteiger charge is -2.18. The Kier molecular flexibility index (Phi) is 6.00. The fraction of sp³-hybridized carbons (Fsp3) is 0.158. The second-order valence-electron chi connectivity index (χ2n) is 6.02. The summed E-state index contributed by atoms with van der Waals surface area (Å²) in [5.74, 6) is 6.02. The number of carbonyl (C=O) groups excluding carboxylic acids is 1. The Hall–Kier alpha value is -2.97. The molecular formula is C19H22N6OS. The van der Waals surface area contributed by atoms with Crippen LogP contribution in [0.2, 0.25) is 0 Å². The molecule has 27 heavy (non-hydrogen) atoms. The average Bonchev–Trinajstić information content (AvgIpc) is 2.68. The van der Waals surface area contributed by atoms with Gasteiger partial charge in [0.15, 0.2) is 0 Å². The number of amidine groups is 1. The van der Waals surface area contributed by atoms with E-state index in [-0.39, 0.29) is 5.91 Å². The summed E-state index contributed by atoms with van der Waals surface area (Å²) in [4.78, 5) is 17.8. The molecule has 0 spiro atoms. The monoisotopic (exact) mass is 382 g/mol. The Morgan fingerprint density at radius 2 is 2.15 bits per heavy atom. The maximum atomic E-state index is 12.4. The van der Waals surface area contributed by atoms with Crippen LogP contribution in [0, 0.1) is 6.92 Å². The molecule has 0 saturated heterocycles. The number of nitrogens with zero attached hydrogens (tertiary/aromatic N) is 2. The van der Waals surface area contributed by atoms with E-state index in [1.54, 1.807) is 6.20 Å². The van der Waals surface area contributed by atoms with E-state index in [2.05, 4.69) is 15.0 Å². The van der Waals surface area contributed by atoms with Crippen LogP contribution in [0.5, 0.6) is 0 Å². The molecule has 0 atom stereocenters. The smallest absolute Gasteiger partial charge is 0.287 e. The van der Waals surface area contributed by atoms with Crippen LogP contribution in [0.1, 0.15) is 11.1 Å². The van der Waals surface area contributed by atoms with Gasteiger partial charge in [0.05, 0.1) is 16.3 Å². The van der Waals surface area contributed by atoms with Gasteiger partial charge in [-0.15, -0.1) is 0 Å². The Bertz CT molecular complexity index is 896. The predicted octanol–water partition coefficient (Wildman–Crippen LogP) is 2.10. The summed E-state index contributed by atoms with van der Waals surface area (Å²) in [6.45, 7) is 2.48. The summed E-state index contributed by atoms with van der Waals surface area (Å²) in [7, 11) is 0. The SMILES string of the molecule is Cc1ccc2c(c1)SNC(C(=O)NCCc1ccccc1N(N)/C=C\N)=N2. The minimum atomic E-state index is -0.238. The molecule has 0 bridgehead atoms. The summed E-state index contributed by atoms with van der Waals surface area (Å²) < 4.78 is 3.00. The number of hydrazine groups is 1. The molecule has 0 aliphatic carbocycles. The van der Waals surface area contributed by atoms with Crippen molar-refractivity contribution in [3.05, 3.63) is 66.0 Å². The van der Waals surface area contributed by atoms with Gasteiger partial charge in [-0.2, -0.15) is 0 Å². The van der Waals surface area contributed by atoms with Gasteiger partial charge in [0.2, 0.25) is 5.84 Å². The number of hydrogen-bond donors (Lipinski definition) is 4. The molecule has 1 aliphatic heterocycles. The zero-order valence-corrected chi connectivity index (χ0v) is 15.8. The van der Waals surface area contributed by atoms with Crippen molar-refractivity contribution < 1.29 is 4.79 Å². The summed E-state index contributed by atoms with van der Waals surface area (Å²) in [6.07, 6.45) is 3.58. The second-order valence-corrected chi connectivity index (χ2v) is 6.87. The standard InChI is InChI=1S/C19H22N6OS/c1-13-6-7-15-17(12-13)27-24-18(23-15)19(26)22-10-8-14-4-2-3-5-16(14)25(21)11-9-20/h2-7,9,11-12H,8,10,20-21H2,1H3,(H,22,26)(H,23,24)/b11-9-. The Balaban J connectivity index is 1.62. The van der Waals surface area contributed by atoms with Crippen LogP contribution < -0.4 is 26.6 Å². The van der Waals surface area contributed by atoms with Gasteiger partial charge >= 0.3 is 0 Å². The van der Waals surface area contributed by atoms with Gasteiger partial charge in [0, 0.05) is 18.9 Å². The largest absolute Gasteiger partial charge is 0.403 e. The first-order valence-electron chi connectivity index (χ1n) is 8.49. The van der Waals surface area contributed by atoms with Crippen LogP contribution >= 0.6 is 11.9 Å². The molecule has 3 rings (SSSR count). The van der Waals surface area contributed by atoms with E-state index < -0.39 is 0 Å². The first-order chi connectivity index (χ1) is 13.1. The number of benzene rings is 2. The molecule has 140 valence electrons. The van der Waals surface area contributed by atoms with Gasteiger partial charge in [0.25, 0.3) is 5.91 Å². The van der Waals surface area contributed by atoms with Gasteiger partial charge in [-0.3, -0.25) is 9.80 Å².